The first-order valence-electron chi connectivity index (χ1n) is 12.1. The predicted molar refractivity (Wildman–Crippen MR) is 120 cm³/mol. The number of pyridine rings is 1. The molecule has 0 amide bonds. The molecule has 3 aromatic rings. The van der Waals surface area contributed by atoms with Crippen LogP contribution in [0.5, 0.6) is 0 Å². The minimum atomic E-state index is 0.119. The van der Waals surface area contributed by atoms with Crippen molar-refractivity contribution in [3.05, 3.63) is 52.5 Å². The van der Waals surface area contributed by atoms with Crippen LogP contribution in [-0.4, -0.2) is 21.9 Å². The van der Waals surface area contributed by atoms with Crippen molar-refractivity contribution >= 4 is 0 Å². The quantitative estimate of drug-likeness (QED) is 0.439. The Bertz CT molecular complexity index is 1120. The Morgan fingerprint density at radius 1 is 0.969 bits per heavy atom. The summed E-state index contributed by atoms with van der Waals surface area (Å²) in [6, 6.07) is 2.28. The van der Waals surface area contributed by atoms with E-state index in [4.69, 9.17) is 13.8 Å². The maximum absolute atomic E-state index is 6.17. The largest absolute Gasteiger partial charge is 0.373 e. The van der Waals surface area contributed by atoms with Crippen molar-refractivity contribution in [3.63, 3.8) is 0 Å². The van der Waals surface area contributed by atoms with Crippen LogP contribution in [0.1, 0.15) is 116 Å². The molecule has 4 heterocycles. The van der Waals surface area contributed by atoms with Crippen molar-refractivity contribution in [2.45, 2.75) is 89.1 Å². The fourth-order valence-electron chi connectivity index (χ4n) is 5.31. The molecule has 0 N–H and O–H groups in total. The van der Waals surface area contributed by atoms with Gasteiger partial charge >= 0.3 is 0 Å². The molecule has 3 aliphatic rings. The normalized spacial score (nSPS) is 25.4. The van der Waals surface area contributed by atoms with Crippen LogP contribution < -0.4 is 0 Å². The molecule has 3 unspecified atom stereocenters. The number of rotatable bonds is 6. The zero-order valence-corrected chi connectivity index (χ0v) is 19.1. The third kappa shape index (κ3) is 3.49. The molecule has 3 atom stereocenters. The third-order valence-corrected chi connectivity index (χ3v) is 7.27. The molecular formula is C26H31N3O3. The summed E-state index contributed by atoms with van der Waals surface area (Å²) >= 11 is 0. The summed E-state index contributed by atoms with van der Waals surface area (Å²) in [5.74, 6) is 3.66. The number of aryl methyl sites for hydroxylation is 1. The molecule has 3 fully saturated rings. The molecule has 1 saturated heterocycles. The average Bonchev–Trinajstić information content (AvgIpc) is 3.73. The van der Waals surface area contributed by atoms with E-state index in [1.54, 1.807) is 0 Å². The molecule has 6 nitrogen and oxygen atoms in total. The minimum Gasteiger partial charge on any atom is -0.373 e. The van der Waals surface area contributed by atoms with Crippen LogP contribution in [0.3, 0.4) is 0 Å². The van der Waals surface area contributed by atoms with E-state index in [0.29, 0.717) is 23.7 Å². The highest BCUT2D eigenvalue weighted by atomic mass is 16.5. The lowest BCUT2D eigenvalue weighted by Crippen LogP contribution is -2.14. The van der Waals surface area contributed by atoms with E-state index in [1.165, 1.54) is 30.4 Å². The highest BCUT2D eigenvalue weighted by molar-refractivity contribution is 5.69. The van der Waals surface area contributed by atoms with E-state index in [-0.39, 0.29) is 6.10 Å². The molecule has 2 aliphatic carbocycles. The van der Waals surface area contributed by atoms with Crippen LogP contribution in [0.15, 0.2) is 27.5 Å². The lowest BCUT2D eigenvalue weighted by Gasteiger charge is -2.23. The van der Waals surface area contributed by atoms with Crippen LogP contribution in [0, 0.1) is 6.92 Å². The Kier molecular flexibility index (Phi) is 4.94. The van der Waals surface area contributed by atoms with E-state index in [2.05, 4.69) is 35.2 Å². The van der Waals surface area contributed by atoms with Crippen LogP contribution in [0.2, 0.25) is 0 Å². The van der Waals surface area contributed by atoms with Crippen molar-refractivity contribution in [3.8, 4) is 11.1 Å². The van der Waals surface area contributed by atoms with E-state index in [1.807, 2.05) is 19.3 Å². The Morgan fingerprint density at radius 3 is 2.56 bits per heavy atom. The standard InChI is InChI=1S/C26H31N3O3/c1-14(2)24-23(21-6-4-5-9-30-21)26(32-29-24)20-11-19(20)17-10-18(13-27-12-17)22-15(3)28-31-25(22)16-7-8-16/h10,12-14,16,19-21H,4-9,11H2,1-3H3. The van der Waals surface area contributed by atoms with Crippen LogP contribution in [0.4, 0.5) is 0 Å². The number of ether oxygens (including phenoxy) is 1. The predicted octanol–water partition coefficient (Wildman–Crippen LogP) is 6.55. The fraction of sp³-hybridized carbons (Fsp3) is 0.577. The van der Waals surface area contributed by atoms with Gasteiger partial charge in [0.2, 0.25) is 0 Å². The van der Waals surface area contributed by atoms with Gasteiger partial charge in [-0.2, -0.15) is 0 Å². The topological polar surface area (TPSA) is 74.2 Å². The average molecular weight is 434 g/mol. The zero-order chi connectivity index (χ0) is 21.8. The number of hydrogen-bond acceptors (Lipinski definition) is 6. The maximum Gasteiger partial charge on any atom is 0.147 e. The zero-order valence-electron chi connectivity index (χ0n) is 19.1. The van der Waals surface area contributed by atoms with E-state index >= 15 is 0 Å². The van der Waals surface area contributed by atoms with Gasteiger partial charge in [0, 0.05) is 47.5 Å². The second-order valence-electron chi connectivity index (χ2n) is 10.1. The molecular weight excluding hydrogens is 402 g/mol. The monoisotopic (exact) mass is 433 g/mol. The molecule has 168 valence electrons. The summed E-state index contributed by atoms with van der Waals surface area (Å²) < 4.78 is 17.8. The van der Waals surface area contributed by atoms with Gasteiger partial charge in [-0.05, 0) is 68.9 Å². The summed E-state index contributed by atoms with van der Waals surface area (Å²) in [5, 5.41) is 8.75. The van der Waals surface area contributed by atoms with Gasteiger partial charge in [0.1, 0.15) is 11.5 Å². The summed E-state index contributed by atoms with van der Waals surface area (Å²) in [4.78, 5) is 4.60. The second-order valence-corrected chi connectivity index (χ2v) is 10.1. The maximum atomic E-state index is 6.17. The highest BCUT2D eigenvalue weighted by Gasteiger charge is 2.46. The van der Waals surface area contributed by atoms with Gasteiger partial charge in [-0.25, -0.2) is 0 Å². The van der Waals surface area contributed by atoms with Crippen LogP contribution in [0.25, 0.3) is 11.1 Å². The highest BCUT2D eigenvalue weighted by Crippen LogP contribution is 2.57. The van der Waals surface area contributed by atoms with Gasteiger partial charge in [-0.15, -0.1) is 0 Å². The summed E-state index contributed by atoms with van der Waals surface area (Å²) in [7, 11) is 0. The summed E-state index contributed by atoms with van der Waals surface area (Å²) in [6.07, 6.45) is 10.9. The molecule has 1 aliphatic heterocycles. The van der Waals surface area contributed by atoms with Gasteiger partial charge in [0.15, 0.2) is 0 Å². The van der Waals surface area contributed by atoms with Crippen molar-refractivity contribution in [2.24, 2.45) is 0 Å². The second kappa shape index (κ2) is 7.84. The molecule has 3 aromatic heterocycles. The molecule has 0 bridgehead atoms. The summed E-state index contributed by atoms with van der Waals surface area (Å²) in [6.45, 7) is 7.22. The van der Waals surface area contributed by atoms with E-state index < -0.39 is 0 Å². The molecule has 6 rings (SSSR count). The molecule has 0 aromatic carbocycles. The fourth-order valence-corrected chi connectivity index (χ4v) is 5.31. The molecule has 2 saturated carbocycles. The lowest BCUT2D eigenvalue weighted by molar-refractivity contribution is 0.0133. The molecule has 32 heavy (non-hydrogen) atoms. The van der Waals surface area contributed by atoms with Crippen molar-refractivity contribution in [2.75, 3.05) is 6.61 Å². The SMILES string of the molecule is Cc1noc(C2CC2)c1-c1cncc(C2CC2c2onc(C(C)C)c2C2CCCCO2)c1. The minimum absolute atomic E-state index is 0.119. The molecule has 0 radical (unpaired) electrons. The first kappa shape index (κ1) is 20.2. The van der Waals surface area contributed by atoms with Crippen molar-refractivity contribution in [1.82, 2.24) is 15.3 Å². The van der Waals surface area contributed by atoms with Gasteiger partial charge < -0.3 is 13.8 Å². The van der Waals surface area contributed by atoms with Gasteiger partial charge in [0.25, 0.3) is 0 Å². The Morgan fingerprint density at radius 2 is 1.81 bits per heavy atom. The van der Waals surface area contributed by atoms with Gasteiger partial charge in [0.05, 0.1) is 17.5 Å². The smallest absolute Gasteiger partial charge is 0.147 e. The van der Waals surface area contributed by atoms with Crippen molar-refractivity contribution < 1.29 is 13.8 Å². The number of aromatic nitrogens is 3. The Balaban J connectivity index is 1.30. The number of hydrogen-bond donors (Lipinski definition) is 0. The van der Waals surface area contributed by atoms with Crippen LogP contribution >= 0.6 is 0 Å². The van der Waals surface area contributed by atoms with Gasteiger partial charge in [-0.1, -0.05) is 24.2 Å². The van der Waals surface area contributed by atoms with E-state index in [0.717, 1.165) is 59.9 Å². The Hall–Kier alpha value is -2.47. The number of nitrogens with zero attached hydrogens (tertiary/aromatic N) is 3. The van der Waals surface area contributed by atoms with Crippen molar-refractivity contribution in [1.29, 1.82) is 0 Å². The Labute approximate surface area is 188 Å². The summed E-state index contributed by atoms with van der Waals surface area (Å²) in [5.41, 5.74) is 6.75. The first-order valence-corrected chi connectivity index (χ1v) is 12.1. The third-order valence-electron chi connectivity index (χ3n) is 7.27. The van der Waals surface area contributed by atoms with Gasteiger partial charge in [-0.3, -0.25) is 4.98 Å². The lowest BCUT2D eigenvalue weighted by atomic mass is 9.93. The van der Waals surface area contributed by atoms with E-state index in [9.17, 15) is 0 Å². The molecule has 0 spiro atoms. The molecule has 6 heteroatoms. The first-order chi connectivity index (χ1) is 15.6. The van der Waals surface area contributed by atoms with Crippen LogP contribution in [-0.2, 0) is 4.74 Å².